The van der Waals surface area contributed by atoms with E-state index in [-0.39, 0.29) is 5.97 Å². The molecule has 0 aliphatic heterocycles. The van der Waals surface area contributed by atoms with Crippen molar-refractivity contribution >= 4 is 5.97 Å². The summed E-state index contributed by atoms with van der Waals surface area (Å²) in [5.41, 5.74) is 0. The van der Waals surface area contributed by atoms with Crippen LogP contribution in [0.25, 0.3) is 0 Å². The first-order chi connectivity index (χ1) is 6.45. The van der Waals surface area contributed by atoms with Gasteiger partial charge in [-0.15, -0.1) is 0 Å². The Labute approximate surface area is 87.6 Å². The molecule has 0 spiro atoms. The van der Waals surface area contributed by atoms with Crippen molar-refractivity contribution < 1.29 is 14.0 Å². The van der Waals surface area contributed by atoms with Crippen LogP contribution in [-0.4, -0.2) is 44.7 Å². The normalized spacial score (nSPS) is 11.4. The maximum Gasteiger partial charge on any atom is 0.361 e. The van der Waals surface area contributed by atoms with Gasteiger partial charge in [-0.2, -0.15) is 0 Å². The Morgan fingerprint density at radius 3 is 2.29 bits per heavy atom. The summed E-state index contributed by atoms with van der Waals surface area (Å²) in [7, 11) is 5.95. The SMILES string of the molecule is CCCCCCOC(=O)C[N+](C)(C)C. The second-order valence-electron chi connectivity index (χ2n) is 4.73. The van der Waals surface area contributed by atoms with E-state index < -0.39 is 0 Å². The van der Waals surface area contributed by atoms with Crippen molar-refractivity contribution in [2.24, 2.45) is 0 Å². The van der Waals surface area contributed by atoms with Crippen molar-refractivity contribution in [1.29, 1.82) is 0 Å². The third-order valence-corrected chi connectivity index (χ3v) is 1.86. The van der Waals surface area contributed by atoms with Crippen LogP contribution in [-0.2, 0) is 9.53 Å². The third kappa shape index (κ3) is 9.52. The smallest absolute Gasteiger partial charge is 0.361 e. The summed E-state index contributed by atoms with van der Waals surface area (Å²) < 4.78 is 5.74. The van der Waals surface area contributed by atoms with Crippen molar-refractivity contribution in [2.75, 3.05) is 34.3 Å². The van der Waals surface area contributed by atoms with Crippen molar-refractivity contribution in [1.82, 2.24) is 0 Å². The maximum absolute atomic E-state index is 11.3. The molecule has 0 amide bonds. The molecule has 0 radical (unpaired) electrons. The summed E-state index contributed by atoms with van der Waals surface area (Å²) in [5.74, 6) is -0.0889. The van der Waals surface area contributed by atoms with Crippen molar-refractivity contribution in [3.63, 3.8) is 0 Å². The van der Waals surface area contributed by atoms with Gasteiger partial charge in [0.2, 0.25) is 0 Å². The van der Waals surface area contributed by atoms with Crippen LogP contribution in [0.1, 0.15) is 32.6 Å². The number of unbranched alkanes of at least 4 members (excludes halogenated alkanes) is 3. The number of likely N-dealkylation sites (N-methyl/N-ethyl adjacent to an activating group) is 1. The highest BCUT2D eigenvalue weighted by molar-refractivity contribution is 5.70. The van der Waals surface area contributed by atoms with Gasteiger partial charge in [0.1, 0.15) is 0 Å². The zero-order chi connectivity index (χ0) is 11.0. The topological polar surface area (TPSA) is 26.3 Å². The lowest BCUT2D eigenvalue weighted by molar-refractivity contribution is -0.862. The van der Waals surface area contributed by atoms with Crippen molar-refractivity contribution in [3.8, 4) is 0 Å². The van der Waals surface area contributed by atoms with Gasteiger partial charge in [-0.1, -0.05) is 26.2 Å². The van der Waals surface area contributed by atoms with E-state index >= 15 is 0 Å². The fourth-order valence-electron chi connectivity index (χ4n) is 1.15. The molecule has 14 heavy (non-hydrogen) atoms. The van der Waals surface area contributed by atoms with Crippen LogP contribution in [0.3, 0.4) is 0 Å². The van der Waals surface area contributed by atoms with E-state index in [2.05, 4.69) is 6.92 Å². The molecule has 0 aliphatic carbocycles. The number of hydrogen-bond donors (Lipinski definition) is 0. The molecule has 0 saturated carbocycles. The Balaban J connectivity index is 3.36. The number of esters is 1. The second-order valence-corrected chi connectivity index (χ2v) is 4.73. The minimum atomic E-state index is -0.0889. The molecule has 84 valence electrons. The van der Waals surface area contributed by atoms with Gasteiger partial charge in [0, 0.05) is 0 Å². The lowest BCUT2D eigenvalue weighted by Crippen LogP contribution is -2.40. The van der Waals surface area contributed by atoms with E-state index in [1.54, 1.807) is 0 Å². The molecule has 0 bridgehead atoms. The number of carbonyl (C=O) groups is 1. The number of nitrogens with zero attached hydrogens (tertiary/aromatic N) is 1. The quantitative estimate of drug-likeness (QED) is 0.357. The molecule has 0 unspecified atom stereocenters. The van der Waals surface area contributed by atoms with Crippen LogP contribution in [0.15, 0.2) is 0 Å². The molecule has 3 nitrogen and oxygen atoms in total. The van der Waals surface area contributed by atoms with E-state index in [1.807, 2.05) is 21.1 Å². The first-order valence-electron chi connectivity index (χ1n) is 5.42. The lowest BCUT2D eigenvalue weighted by Gasteiger charge is -2.22. The third-order valence-electron chi connectivity index (χ3n) is 1.86. The predicted molar refractivity (Wildman–Crippen MR) is 58.0 cm³/mol. The van der Waals surface area contributed by atoms with Gasteiger partial charge in [-0.3, -0.25) is 0 Å². The monoisotopic (exact) mass is 202 g/mol. The fraction of sp³-hybridized carbons (Fsp3) is 0.909. The van der Waals surface area contributed by atoms with E-state index in [1.165, 1.54) is 12.8 Å². The summed E-state index contributed by atoms with van der Waals surface area (Å²) in [5, 5.41) is 0. The van der Waals surface area contributed by atoms with Crippen LogP contribution < -0.4 is 0 Å². The molecular formula is C11H24NO2+. The molecular weight excluding hydrogens is 178 g/mol. The summed E-state index contributed by atoms with van der Waals surface area (Å²) in [6.45, 7) is 3.20. The largest absolute Gasteiger partial charge is 0.462 e. The number of quaternary nitrogens is 1. The van der Waals surface area contributed by atoms with Crippen molar-refractivity contribution in [3.05, 3.63) is 0 Å². The van der Waals surface area contributed by atoms with Crippen LogP contribution in [0.2, 0.25) is 0 Å². The Bertz CT molecular complexity index is 161. The Kier molecular flexibility index (Phi) is 6.54. The molecule has 0 aliphatic rings. The van der Waals surface area contributed by atoms with Gasteiger partial charge < -0.3 is 9.22 Å². The molecule has 0 atom stereocenters. The van der Waals surface area contributed by atoms with Crippen LogP contribution >= 0.6 is 0 Å². The Hall–Kier alpha value is -0.570. The van der Waals surface area contributed by atoms with Gasteiger partial charge in [0.15, 0.2) is 6.54 Å². The number of carbonyl (C=O) groups excluding carboxylic acids is 1. The Morgan fingerprint density at radius 2 is 1.79 bits per heavy atom. The molecule has 0 aromatic carbocycles. The molecule has 0 N–H and O–H groups in total. The summed E-state index contributed by atoms with van der Waals surface area (Å²) in [4.78, 5) is 11.3. The van der Waals surface area contributed by atoms with Gasteiger partial charge in [0.05, 0.1) is 27.7 Å². The van der Waals surface area contributed by atoms with Gasteiger partial charge in [-0.25, -0.2) is 4.79 Å². The summed E-state index contributed by atoms with van der Waals surface area (Å²) in [6.07, 6.45) is 4.60. The molecule has 0 aromatic heterocycles. The summed E-state index contributed by atoms with van der Waals surface area (Å²) in [6, 6.07) is 0. The van der Waals surface area contributed by atoms with Gasteiger partial charge in [-0.05, 0) is 6.42 Å². The second kappa shape index (κ2) is 6.82. The average molecular weight is 202 g/mol. The van der Waals surface area contributed by atoms with Crippen LogP contribution in [0.4, 0.5) is 0 Å². The standard InChI is InChI=1S/C11H24NO2/c1-5-6-7-8-9-14-11(13)10-12(2,3)4/h5-10H2,1-4H3/q+1. The van der Waals surface area contributed by atoms with E-state index in [0.717, 1.165) is 12.8 Å². The maximum atomic E-state index is 11.3. The average Bonchev–Trinajstić information content (AvgIpc) is 2.00. The zero-order valence-corrected chi connectivity index (χ0v) is 10.0. The number of ether oxygens (including phenoxy) is 1. The predicted octanol–water partition coefficient (Wildman–Crippen LogP) is 1.82. The minimum Gasteiger partial charge on any atom is -0.462 e. The number of rotatable bonds is 7. The van der Waals surface area contributed by atoms with Gasteiger partial charge >= 0.3 is 5.97 Å². The highest BCUT2D eigenvalue weighted by atomic mass is 16.5. The van der Waals surface area contributed by atoms with Gasteiger partial charge in [0.25, 0.3) is 0 Å². The molecule has 0 aromatic rings. The molecule has 0 saturated heterocycles. The fourth-order valence-corrected chi connectivity index (χ4v) is 1.15. The zero-order valence-electron chi connectivity index (χ0n) is 10.0. The lowest BCUT2D eigenvalue weighted by atomic mass is 10.2. The van der Waals surface area contributed by atoms with E-state index in [4.69, 9.17) is 4.74 Å². The first-order valence-corrected chi connectivity index (χ1v) is 5.42. The molecule has 0 rings (SSSR count). The molecule has 3 heteroatoms. The Morgan fingerprint density at radius 1 is 1.14 bits per heavy atom. The molecule has 0 fully saturated rings. The van der Waals surface area contributed by atoms with E-state index in [9.17, 15) is 4.79 Å². The first kappa shape index (κ1) is 13.4. The number of hydrogen-bond acceptors (Lipinski definition) is 2. The van der Waals surface area contributed by atoms with Crippen molar-refractivity contribution in [2.45, 2.75) is 32.6 Å². The van der Waals surface area contributed by atoms with Crippen LogP contribution in [0, 0.1) is 0 Å². The highest BCUT2D eigenvalue weighted by Crippen LogP contribution is 1.99. The highest BCUT2D eigenvalue weighted by Gasteiger charge is 2.14. The van der Waals surface area contributed by atoms with E-state index in [0.29, 0.717) is 17.6 Å². The van der Waals surface area contributed by atoms with Crippen LogP contribution in [0.5, 0.6) is 0 Å². The minimum absolute atomic E-state index is 0.0889. The summed E-state index contributed by atoms with van der Waals surface area (Å²) >= 11 is 0. The molecule has 0 heterocycles.